The van der Waals surface area contributed by atoms with E-state index in [0.29, 0.717) is 36.6 Å². The molecule has 2 aliphatic heterocycles. The Bertz CT molecular complexity index is 1170. The molecule has 0 radical (unpaired) electrons. The van der Waals surface area contributed by atoms with Crippen LogP contribution in [0, 0.1) is 0 Å². The van der Waals surface area contributed by atoms with Crippen molar-refractivity contribution >= 4 is 39.1 Å². The zero-order valence-corrected chi connectivity index (χ0v) is 19.1. The SMILES string of the molecule is CCOc1ccc(NC(=O)c2ccc(N3C(=O)CCC3=O)cc2)cc1S(=O)(=O)N1CCCC1. The summed E-state index contributed by atoms with van der Waals surface area (Å²) in [6.45, 7) is 3.00. The van der Waals surface area contributed by atoms with Gasteiger partial charge in [0.15, 0.2) is 0 Å². The number of sulfonamides is 1. The molecule has 2 heterocycles. The van der Waals surface area contributed by atoms with Crippen LogP contribution in [0.3, 0.4) is 0 Å². The van der Waals surface area contributed by atoms with Crippen molar-refractivity contribution in [3.05, 3.63) is 48.0 Å². The highest BCUT2D eigenvalue weighted by Crippen LogP contribution is 2.32. The summed E-state index contributed by atoms with van der Waals surface area (Å²) in [7, 11) is -3.75. The van der Waals surface area contributed by atoms with Gasteiger partial charge < -0.3 is 10.1 Å². The van der Waals surface area contributed by atoms with Crippen LogP contribution < -0.4 is 15.0 Å². The van der Waals surface area contributed by atoms with E-state index in [-0.39, 0.29) is 35.3 Å². The Kier molecular flexibility index (Phi) is 6.48. The van der Waals surface area contributed by atoms with Gasteiger partial charge in [-0.3, -0.25) is 19.3 Å². The van der Waals surface area contributed by atoms with Crippen LogP contribution in [0.5, 0.6) is 5.75 Å². The van der Waals surface area contributed by atoms with E-state index in [9.17, 15) is 22.8 Å². The Morgan fingerprint density at radius 1 is 1.00 bits per heavy atom. The highest BCUT2D eigenvalue weighted by Gasteiger charge is 2.31. The molecule has 0 bridgehead atoms. The van der Waals surface area contributed by atoms with Gasteiger partial charge >= 0.3 is 0 Å². The first-order valence-corrected chi connectivity index (χ1v) is 12.3. The molecular weight excluding hydrogens is 446 g/mol. The normalized spacial score (nSPS) is 16.9. The molecule has 0 aliphatic carbocycles. The zero-order chi connectivity index (χ0) is 23.6. The fourth-order valence-corrected chi connectivity index (χ4v) is 5.63. The minimum absolute atomic E-state index is 0.0189. The molecule has 2 saturated heterocycles. The molecule has 2 aromatic carbocycles. The van der Waals surface area contributed by atoms with Crippen molar-refractivity contribution in [3.63, 3.8) is 0 Å². The van der Waals surface area contributed by atoms with Crippen LogP contribution in [0.15, 0.2) is 47.4 Å². The van der Waals surface area contributed by atoms with Crippen molar-refractivity contribution < 1.29 is 27.5 Å². The summed E-state index contributed by atoms with van der Waals surface area (Å²) in [5.74, 6) is -0.738. The first-order chi connectivity index (χ1) is 15.8. The third-order valence-electron chi connectivity index (χ3n) is 5.62. The minimum Gasteiger partial charge on any atom is -0.492 e. The molecular formula is C23H25N3O6S. The van der Waals surface area contributed by atoms with Crippen molar-refractivity contribution in [2.75, 3.05) is 29.9 Å². The summed E-state index contributed by atoms with van der Waals surface area (Å²) in [5, 5.41) is 2.71. The average molecular weight is 472 g/mol. The topological polar surface area (TPSA) is 113 Å². The second kappa shape index (κ2) is 9.32. The number of carbonyl (C=O) groups excluding carboxylic acids is 3. The number of nitrogens with one attached hydrogen (secondary N) is 1. The van der Waals surface area contributed by atoms with E-state index in [1.807, 2.05) is 0 Å². The molecule has 174 valence electrons. The minimum atomic E-state index is -3.75. The molecule has 0 spiro atoms. The summed E-state index contributed by atoms with van der Waals surface area (Å²) in [4.78, 5) is 37.7. The van der Waals surface area contributed by atoms with Gasteiger partial charge in [0.25, 0.3) is 5.91 Å². The highest BCUT2D eigenvalue weighted by molar-refractivity contribution is 7.89. The Morgan fingerprint density at radius 3 is 2.24 bits per heavy atom. The summed E-state index contributed by atoms with van der Waals surface area (Å²) in [6.07, 6.45) is 1.98. The maximum atomic E-state index is 13.1. The van der Waals surface area contributed by atoms with Crippen molar-refractivity contribution in [3.8, 4) is 5.75 Å². The van der Waals surface area contributed by atoms with E-state index in [1.165, 1.54) is 40.7 Å². The Morgan fingerprint density at radius 2 is 1.64 bits per heavy atom. The molecule has 10 heteroatoms. The van der Waals surface area contributed by atoms with Gasteiger partial charge in [-0.25, -0.2) is 8.42 Å². The number of rotatable bonds is 7. The lowest BCUT2D eigenvalue weighted by Crippen LogP contribution is -2.28. The predicted octanol–water partition coefficient (Wildman–Crippen LogP) is 2.78. The maximum absolute atomic E-state index is 13.1. The number of imide groups is 1. The van der Waals surface area contributed by atoms with Gasteiger partial charge in [-0.05, 0) is 62.2 Å². The number of amides is 3. The third-order valence-corrected chi connectivity index (χ3v) is 7.54. The number of benzene rings is 2. The van der Waals surface area contributed by atoms with Crippen LogP contribution in [-0.4, -0.2) is 50.1 Å². The molecule has 2 aliphatic rings. The first-order valence-electron chi connectivity index (χ1n) is 10.9. The number of nitrogens with zero attached hydrogens (tertiary/aromatic N) is 2. The Hall–Kier alpha value is -3.24. The number of hydrogen-bond donors (Lipinski definition) is 1. The van der Waals surface area contributed by atoms with Crippen LogP contribution in [0.25, 0.3) is 0 Å². The number of hydrogen-bond acceptors (Lipinski definition) is 6. The van der Waals surface area contributed by atoms with Gasteiger partial charge in [-0.1, -0.05) is 0 Å². The third kappa shape index (κ3) is 4.62. The van der Waals surface area contributed by atoms with Crippen LogP contribution in [0.1, 0.15) is 43.0 Å². The quantitative estimate of drug-likeness (QED) is 0.622. The van der Waals surface area contributed by atoms with Gasteiger partial charge in [0.2, 0.25) is 21.8 Å². The van der Waals surface area contributed by atoms with Gasteiger partial charge in [0.1, 0.15) is 10.6 Å². The molecule has 0 atom stereocenters. The average Bonchev–Trinajstić information content (AvgIpc) is 3.46. The molecule has 9 nitrogen and oxygen atoms in total. The lowest BCUT2D eigenvalue weighted by Gasteiger charge is -2.19. The lowest BCUT2D eigenvalue weighted by molar-refractivity contribution is -0.121. The smallest absolute Gasteiger partial charge is 0.255 e. The Balaban J connectivity index is 1.55. The second-order valence-electron chi connectivity index (χ2n) is 7.83. The zero-order valence-electron chi connectivity index (χ0n) is 18.2. The highest BCUT2D eigenvalue weighted by atomic mass is 32.2. The first kappa shape index (κ1) is 22.9. The van der Waals surface area contributed by atoms with Gasteiger partial charge in [-0.2, -0.15) is 4.31 Å². The molecule has 33 heavy (non-hydrogen) atoms. The number of ether oxygens (including phenoxy) is 1. The number of anilines is 2. The van der Waals surface area contributed by atoms with E-state index >= 15 is 0 Å². The monoisotopic (exact) mass is 471 g/mol. The molecule has 0 aromatic heterocycles. The molecule has 4 rings (SSSR count). The van der Waals surface area contributed by atoms with Crippen LogP contribution in [0.4, 0.5) is 11.4 Å². The van der Waals surface area contributed by atoms with E-state index < -0.39 is 15.9 Å². The molecule has 1 N–H and O–H groups in total. The number of carbonyl (C=O) groups is 3. The van der Waals surface area contributed by atoms with E-state index in [0.717, 1.165) is 17.7 Å². The van der Waals surface area contributed by atoms with E-state index in [2.05, 4.69) is 5.32 Å². The lowest BCUT2D eigenvalue weighted by atomic mass is 10.1. The summed E-state index contributed by atoms with van der Waals surface area (Å²) in [5.41, 5.74) is 1.03. The summed E-state index contributed by atoms with van der Waals surface area (Å²) < 4.78 is 33.2. The Labute approximate surface area is 192 Å². The predicted molar refractivity (Wildman–Crippen MR) is 122 cm³/mol. The summed E-state index contributed by atoms with van der Waals surface area (Å²) in [6, 6.07) is 10.6. The summed E-state index contributed by atoms with van der Waals surface area (Å²) >= 11 is 0. The van der Waals surface area contributed by atoms with Gasteiger partial charge in [-0.15, -0.1) is 0 Å². The van der Waals surface area contributed by atoms with Crippen LogP contribution in [-0.2, 0) is 19.6 Å². The second-order valence-corrected chi connectivity index (χ2v) is 9.74. The molecule has 2 fully saturated rings. The standard InChI is InChI=1S/C23H25N3O6S/c1-2-32-19-10-7-17(15-20(19)33(30,31)25-13-3-4-14-25)24-23(29)16-5-8-18(9-6-16)26-21(27)11-12-22(26)28/h5-10,15H,2-4,11-14H2,1H3,(H,24,29). The van der Waals surface area contributed by atoms with Crippen molar-refractivity contribution in [2.45, 2.75) is 37.5 Å². The van der Waals surface area contributed by atoms with Crippen molar-refractivity contribution in [2.24, 2.45) is 0 Å². The maximum Gasteiger partial charge on any atom is 0.255 e. The van der Waals surface area contributed by atoms with Gasteiger partial charge in [0, 0.05) is 37.2 Å². The van der Waals surface area contributed by atoms with Crippen molar-refractivity contribution in [1.29, 1.82) is 0 Å². The van der Waals surface area contributed by atoms with Crippen LogP contribution >= 0.6 is 0 Å². The van der Waals surface area contributed by atoms with Crippen LogP contribution in [0.2, 0.25) is 0 Å². The van der Waals surface area contributed by atoms with Crippen molar-refractivity contribution in [1.82, 2.24) is 4.31 Å². The fourth-order valence-electron chi connectivity index (χ4n) is 3.96. The van der Waals surface area contributed by atoms with E-state index in [4.69, 9.17) is 4.74 Å². The fraction of sp³-hybridized carbons (Fsp3) is 0.348. The largest absolute Gasteiger partial charge is 0.492 e. The van der Waals surface area contributed by atoms with Gasteiger partial charge in [0.05, 0.1) is 12.3 Å². The molecule has 3 amide bonds. The molecule has 2 aromatic rings. The van der Waals surface area contributed by atoms with E-state index in [1.54, 1.807) is 13.0 Å². The molecule has 0 saturated carbocycles. The molecule has 0 unspecified atom stereocenters.